The zero-order chi connectivity index (χ0) is 18.3. The van der Waals surface area contributed by atoms with Gasteiger partial charge in [0.25, 0.3) is 0 Å². The first-order chi connectivity index (χ1) is 12.5. The molecule has 0 atom stereocenters. The molecule has 0 aliphatic rings. The minimum absolute atomic E-state index is 0.0481. The maximum Gasteiger partial charge on any atom is 0.452 e. The van der Waals surface area contributed by atoms with Crippen LogP contribution < -0.4 is 4.74 Å². The van der Waals surface area contributed by atoms with Gasteiger partial charge in [-0.2, -0.15) is 13.2 Å². The van der Waals surface area contributed by atoms with Crippen molar-refractivity contribution >= 4 is 28.4 Å². The van der Waals surface area contributed by atoms with E-state index in [9.17, 15) is 13.2 Å². The van der Waals surface area contributed by atoms with Gasteiger partial charge in [0.05, 0.1) is 23.0 Å². The highest BCUT2D eigenvalue weighted by Gasteiger charge is 2.38. The molecule has 0 fully saturated rings. The summed E-state index contributed by atoms with van der Waals surface area (Å²) < 4.78 is 46.5. The van der Waals surface area contributed by atoms with E-state index in [0.29, 0.717) is 21.8 Å². The van der Waals surface area contributed by atoms with Gasteiger partial charge in [0.2, 0.25) is 5.82 Å². The summed E-state index contributed by atoms with van der Waals surface area (Å²) in [6, 6.07) is 13.8. The smallest absolute Gasteiger partial charge is 0.452 e. The normalized spacial score (nSPS) is 12.0. The first-order valence-electron chi connectivity index (χ1n) is 7.51. The summed E-state index contributed by atoms with van der Waals surface area (Å²) in [5.41, 5.74) is 0.763. The van der Waals surface area contributed by atoms with E-state index in [4.69, 9.17) is 4.74 Å². The Morgan fingerprint density at radius 1 is 1.00 bits per heavy atom. The van der Waals surface area contributed by atoms with Crippen molar-refractivity contribution < 1.29 is 17.9 Å². The van der Waals surface area contributed by atoms with Crippen LogP contribution in [0.4, 0.5) is 13.2 Å². The molecule has 4 rings (SSSR count). The summed E-state index contributed by atoms with van der Waals surface area (Å²) in [4.78, 5) is 5.20. The van der Waals surface area contributed by atoms with E-state index in [0.717, 1.165) is 9.30 Å². The summed E-state index contributed by atoms with van der Waals surface area (Å²) in [5.74, 6) is -0.478. The number of fused-ring (bicyclic) bond motifs is 3. The highest BCUT2D eigenvalue weighted by atomic mass is 32.2. The van der Waals surface area contributed by atoms with Crippen LogP contribution in [0.5, 0.6) is 5.75 Å². The van der Waals surface area contributed by atoms with Crippen LogP contribution in [0.1, 0.15) is 5.82 Å². The van der Waals surface area contributed by atoms with Crippen molar-refractivity contribution in [2.24, 2.45) is 0 Å². The maximum atomic E-state index is 13.4. The number of benzene rings is 2. The third-order valence-corrected chi connectivity index (χ3v) is 4.75. The lowest BCUT2D eigenvalue weighted by Gasteiger charge is -2.11. The molecule has 4 aromatic rings. The number of para-hydroxylation sites is 3. The number of ether oxygens (including phenoxy) is 1. The van der Waals surface area contributed by atoms with Crippen molar-refractivity contribution in [2.45, 2.75) is 16.1 Å². The van der Waals surface area contributed by atoms with Crippen molar-refractivity contribution in [1.82, 2.24) is 19.6 Å². The molecule has 9 heteroatoms. The fourth-order valence-corrected chi connectivity index (χ4v) is 3.59. The molecule has 0 amide bonds. The third-order valence-electron chi connectivity index (χ3n) is 3.73. The minimum atomic E-state index is -4.63. The minimum Gasteiger partial charge on any atom is -0.496 e. The van der Waals surface area contributed by atoms with Gasteiger partial charge in [-0.15, -0.1) is 10.2 Å². The molecule has 0 radical (unpaired) electrons. The molecule has 2 aromatic carbocycles. The number of hydrogen-bond donors (Lipinski definition) is 0. The van der Waals surface area contributed by atoms with Crippen LogP contribution in [0.15, 0.2) is 58.5 Å². The van der Waals surface area contributed by atoms with Crippen molar-refractivity contribution in [3.63, 3.8) is 0 Å². The molecule has 0 unspecified atom stereocenters. The first-order valence-corrected chi connectivity index (χ1v) is 8.32. The fraction of sp³-hybridized carbons (Fsp3) is 0.118. The van der Waals surface area contributed by atoms with Gasteiger partial charge in [-0.05, 0) is 24.3 Å². The second-order valence-electron chi connectivity index (χ2n) is 5.34. The van der Waals surface area contributed by atoms with Crippen LogP contribution in [-0.4, -0.2) is 26.7 Å². The van der Waals surface area contributed by atoms with E-state index in [1.807, 2.05) is 12.1 Å². The molecule has 132 valence electrons. The molecular formula is C17H11F3N4OS. The molecule has 2 aromatic heterocycles. The molecule has 26 heavy (non-hydrogen) atoms. The Labute approximate surface area is 149 Å². The molecule has 0 bridgehead atoms. The Hall–Kier alpha value is -2.81. The van der Waals surface area contributed by atoms with Crippen LogP contribution in [0.3, 0.4) is 0 Å². The quantitative estimate of drug-likeness (QED) is 0.529. The highest BCUT2D eigenvalue weighted by Crippen LogP contribution is 2.38. The summed E-state index contributed by atoms with van der Waals surface area (Å²) in [7, 11) is 1.53. The summed E-state index contributed by atoms with van der Waals surface area (Å²) in [6.07, 6.45) is -4.63. The van der Waals surface area contributed by atoms with E-state index in [-0.39, 0.29) is 5.65 Å². The summed E-state index contributed by atoms with van der Waals surface area (Å²) in [6.45, 7) is 0. The molecule has 0 spiro atoms. The van der Waals surface area contributed by atoms with E-state index < -0.39 is 12.0 Å². The zero-order valence-electron chi connectivity index (χ0n) is 13.4. The lowest BCUT2D eigenvalue weighted by molar-refractivity contribution is -0.145. The number of alkyl halides is 3. The fourth-order valence-electron chi connectivity index (χ4n) is 2.62. The van der Waals surface area contributed by atoms with Gasteiger partial charge in [0.15, 0.2) is 5.65 Å². The van der Waals surface area contributed by atoms with Gasteiger partial charge in [-0.3, -0.25) is 4.40 Å². The molecule has 0 saturated carbocycles. The topological polar surface area (TPSA) is 52.3 Å². The molecule has 2 heterocycles. The first kappa shape index (κ1) is 16.6. The maximum absolute atomic E-state index is 13.4. The molecular weight excluding hydrogens is 365 g/mol. The monoisotopic (exact) mass is 376 g/mol. The molecule has 0 saturated heterocycles. The van der Waals surface area contributed by atoms with Crippen molar-refractivity contribution in [1.29, 1.82) is 0 Å². The second-order valence-corrected chi connectivity index (χ2v) is 6.37. The third kappa shape index (κ3) is 2.74. The SMILES string of the molecule is COc1ccccc1Sc1nc2ccccc2n2c(C(F)(F)F)nnc12. The standard InChI is InChI=1S/C17H11F3N4OS/c1-25-12-8-4-5-9-13(12)26-15-14-22-23-16(17(18,19)20)24(14)11-7-3-2-6-10(11)21-15/h2-9H,1H3. The van der Waals surface area contributed by atoms with Crippen molar-refractivity contribution in [2.75, 3.05) is 7.11 Å². The van der Waals surface area contributed by atoms with Crippen LogP contribution >= 0.6 is 11.8 Å². The average Bonchev–Trinajstić information content (AvgIpc) is 3.08. The average molecular weight is 376 g/mol. The Morgan fingerprint density at radius 2 is 1.73 bits per heavy atom. The van der Waals surface area contributed by atoms with Gasteiger partial charge < -0.3 is 4.74 Å². The number of hydrogen-bond acceptors (Lipinski definition) is 5. The number of aromatic nitrogens is 4. The van der Waals surface area contributed by atoms with E-state index in [1.165, 1.54) is 18.9 Å². The highest BCUT2D eigenvalue weighted by molar-refractivity contribution is 7.99. The van der Waals surface area contributed by atoms with E-state index >= 15 is 0 Å². The van der Waals surface area contributed by atoms with Gasteiger partial charge >= 0.3 is 6.18 Å². The van der Waals surface area contributed by atoms with Crippen LogP contribution in [-0.2, 0) is 6.18 Å². The lowest BCUT2D eigenvalue weighted by Crippen LogP contribution is -2.11. The van der Waals surface area contributed by atoms with Gasteiger partial charge in [-0.25, -0.2) is 4.98 Å². The van der Waals surface area contributed by atoms with Crippen molar-refractivity contribution in [3.8, 4) is 5.75 Å². The number of rotatable bonds is 3. The lowest BCUT2D eigenvalue weighted by atomic mass is 10.3. The van der Waals surface area contributed by atoms with E-state index in [2.05, 4.69) is 15.2 Å². The van der Waals surface area contributed by atoms with Gasteiger partial charge in [0, 0.05) is 0 Å². The molecule has 0 aliphatic heterocycles. The predicted molar refractivity (Wildman–Crippen MR) is 90.4 cm³/mol. The summed E-state index contributed by atoms with van der Waals surface area (Å²) in [5, 5.41) is 7.44. The summed E-state index contributed by atoms with van der Waals surface area (Å²) >= 11 is 1.18. The van der Waals surface area contributed by atoms with E-state index in [1.54, 1.807) is 36.4 Å². The number of methoxy groups -OCH3 is 1. The Balaban J connectivity index is 1.99. The Morgan fingerprint density at radius 3 is 2.50 bits per heavy atom. The second kappa shape index (κ2) is 6.17. The largest absolute Gasteiger partial charge is 0.496 e. The van der Waals surface area contributed by atoms with Crippen molar-refractivity contribution in [3.05, 3.63) is 54.4 Å². The molecule has 5 nitrogen and oxygen atoms in total. The molecule has 0 N–H and O–H groups in total. The Kier molecular flexibility index (Phi) is 3.95. The van der Waals surface area contributed by atoms with Gasteiger partial charge in [-0.1, -0.05) is 36.0 Å². The number of nitrogens with zero attached hydrogens (tertiary/aromatic N) is 4. The van der Waals surface area contributed by atoms with Crippen LogP contribution in [0.2, 0.25) is 0 Å². The Bertz CT molecular complexity index is 1110. The molecule has 0 aliphatic carbocycles. The van der Waals surface area contributed by atoms with Crippen LogP contribution in [0.25, 0.3) is 16.7 Å². The van der Waals surface area contributed by atoms with Gasteiger partial charge in [0.1, 0.15) is 10.8 Å². The number of halogens is 3. The predicted octanol–water partition coefficient (Wildman–Crippen LogP) is 4.46. The zero-order valence-corrected chi connectivity index (χ0v) is 14.2. The van der Waals surface area contributed by atoms with Crippen LogP contribution in [0, 0.1) is 0 Å².